The molecule has 0 saturated heterocycles. The van der Waals surface area contributed by atoms with Gasteiger partial charge in [0.2, 0.25) is 11.8 Å². The Hall–Kier alpha value is -1.98. The first-order valence-corrected chi connectivity index (χ1v) is 11.8. The van der Waals surface area contributed by atoms with Gasteiger partial charge in [-0.15, -0.1) is 11.8 Å². The summed E-state index contributed by atoms with van der Waals surface area (Å²) in [5.41, 5.74) is 0.957. The molecule has 0 unspecified atom stereocenters. The van der Waals surface area contributed by atoms with E-state index >= 15 is 0 Å². The Morgan fingerprint density at radius 1 is 1.03 bits per heavy atom. The van der Waals surface area contributed by atoms with Crippen molar-refractivity contribution >= 4 is 35.2 Å². The Bertz CT molecular complexity index is 799. The molecule has 0 aliphatic rings. The molecule has 0 heterocycles. The lowest BCUT2D eigenvalue weighted by Crippen LogP contribution is -2.50. The highest BCUT2D eigenvalue weighted by molar-refractivity contribution is 7.99. The molecule has 162 valence electrons. The van der Waals surface area contributed by atoms with Crippen LogP contribution in [0.2, 0.25) is 5.02 Å². The first kappa shape index (κ1) is 24.3. The number of nitrogens with one attached hydrogen (secondary N) is 1. The van der Waals surface area contributed by atoms with Crippen molar-refractivity contribution < 1.29 is 9.59 Å². The number of amides is 2. The van der Waals surface area contributed by atoms with Gasteiger partial charge < -0.3 is 10.2 Å². The van der Waals surface area contributed by atoms with Crippen LogP contribution in [-0.4, -0.2) is 34.6 Å². The zero-order valence-corrected chi connectivity index (χ0v) is 19.5. The van der Waals surface area contributed by atoms with Crippen LogP contribution in [0.25, 0.3) is 0 Å². The lowest BCUT2D eigenvalue weighted by atomic mass is 10.1. The van der Waals surface area contributed by atoms with Crippen molar-refractivity contribution in [2.75, 3.05) is 5.75 Å². The van der Waals surface area contributed by atoms with E-state index in [4.69, 9.17) is 11.6 Å². The standard InChI is InChI=1S/C24H31ClN2O2S/c1-4-18(3)26-24(29)22(5-2)27(17-19-11-13-20(25)14-12-19)23(28)15-16-30-21-9-7-6-8-10-21/h6-14,18,22H,4-5,15-17H2,1-3H3,(H,26,29)/t18-,22-/m0/s1. The predicted molar refractivity (Wildman–Crippen MR) is 126 cm³/mol. The number of rotatable bonds is 11. The summed E-state index contributed by atoms with van der Waals surface area (Å²) in [4.78, 5) is 28.9. The van der Waals surface area contributed by atoms with Gasteiger partial charge in [0, 0.05) is 34.7 Å². The van der Waals surface area contributed by atoms with Gasteiger partial charge in [0.15, 0.2) is 0 Å². The minimum absolute atomic E-state index is 0.0143. The monoisotopic (exact) mass is 446 g/mol. The maximum atomic E-state index is 13.2. The molecule has 0 radical (unpaired) electrons. The van der Waals surface area contributed by atoms with Crippen molar-refractivity contribution in [2.24, 2.45) is 0 Å². The van der Waals surface area contributed by atoms with Crippen LogP contribution in [0.4, 0.5) is 0 Å². The van der Waals surface area contributed by atoms with Crippen LogP contribution < -0.4 is 5.32 Å². The van der Waals surface area contributed by atoms with Gasteiger partial charge in [-0.3, -0.25) is 9.59 Å². The quantitative estimate of drug-likeness (QED) is 0.460. The van der Waals surface area contributed by atoms with Gasteiger partial charge in [-0.25, -0.2) is 0 Å². The molecule has 0 aromatic heterocycles. The second-order valence-corrected chi connectivity index (χ2v) is 8.91. The van der Waals surface area contributed by atoms with Crippen molar-refractivity contribution in [1.29, 1.82) is 0 Å². The Kier molecular flexibility index (Phi) is 10.2. The van der Waals surface area contributed by atoms with E-state index in [1.165, 1.54) is 0 Å². The van der Waals surface area contributed by atoms with E-state index < -0.39 is 6.04 Å². The molecule has 0 spiro atoms. The molecule has 0 aliphatic carbocycles. The highest BCUT2D eigenvalue weighted by atomic mass is 35.5. The van der Waals surface area contributed by atoms with Crippen LogP contribution in [0, 0.1) is 0 Å². The number of nitrogens with zero attached hydrogens (tertiary/aromatic N) is 1. The van der Waals surface area contributed by atoms with Gasteiger partial charge >= 0.3 is 0 Å². The topological polar surface area (TPSA) is 49.4 Å². The van der Waals surface area contributed by atoms with Gasteiger partial charge in [-0.05, 0) is 49.6 Å². The van der Waals surface area contributed by atoms with E-state index in [2.05, 4.69) is 5.32 Å². The second kappa shape index (κ2) is 12.7. The normalized spacial score (nSPS) is 12.8. The van der Waals surface area contributed by atoms with Crippen molar-refractivity contribution in [3.05, 3.63) is 65.2 Å². The third-order valence-electron chi connectivity index (χ3n) is 4.98. The molecule has 2 rings (SSSR count). The number of benzene rings is 2. The molecule has 2 aromatic carbocycles. The summed E-state index contributed by atoms with van der Waals surface area (Å²) in [6.07, 6.45) is 1.79. The maximum Gasteiger partial charge on any atom is 0.243 e. The van der Waals surface area contributed by atoms with E-state index in [9.17, 15) is 9.59 Å². The first-order valence-electron chi connectivity index (χ1n) is 10.5. The fourth-order valence-electron chi connectivity index (χ4n) is 3.06. The van der Waals surface area contributed by atoms with Crippen molar-refractivity contribution in [1.82, 2.24) is 10.2 Å². The molecular weight excluding hydrogens is 416 g/mol. The highest BCUT2D eigenvalue weighted by Crippen LogP contribution is 2.20. The smallest absolute Gasteiger partial charge is 0.243 e. The summed E-state index contributed by atoms with van der Waals surface area (Å²) in [7, 11) is 0. The van der Waals surface area contributed by atoms with E-state index in [-0.39, 0.29) is 17.9 Å². The highest BCUT2D eigenvalue weighted by Gasteiger charge is 2.28. The van der Waals surface area contributed by atoms with Crippen LogP contribution in [-0.2, 0) is 16.1 Å². The summed E-state index contributed by atoms with van der Waals surface area (Å²) in [5.74, 6) is 0.563. The van der Waals surface area contributed by atoms with Crippen molar-refractivity contribution in [3.8, 4) is 0 Å². The summed E-state index contributed by atoms with van der Waals surface area (Å²) in [5, 5.41) is 3.68. The Morgan fingerprint density at radius 2 is 1.70 bits per heavy atom. The Morgan fingerprint density at radius 3 is 2.30 bits per heavy atom. The molecule has 0 saturated carbocycles. The van der Waals surface area contributed by atoms with E-state index in [1.807, 2.05) is 75.4 Å². The molecule has 6 heteroatoms. The molecule has 2 atom stereocenters. The lowest BCUT2D eigenvalue weighted by molar-refractivity contribution is -0.141. The van der Waals surface area contributed by atoms with Gasteiger partial charge in [0.1, 0.15) is 6.04 Å². The first-order chi connectivity index (χ1) is 14.4. The minimum Gasteiger partial charge on any atom is -0.352 e. The van der Waals surface area contributed by atoms with Crippen LogP contribution in [0.1, 0.15) is 45.6 Å². The van der Waals surface area contributed by atoms with Crippen LogP contribution >= 0.6 is 23.4 Å². The molecule has 2 amide bonds. The van der Waals surface area contributed by atoms with Gasteiger partial charge in [-0.1, -0.05) is 55.8 Å². The van der Waals surface area contributed by atoms with Gasteiger partial charge in [0.05, 0.1) is 0 Å². The number of halogens is 1. The van der Waals surface area contributed by atoms with E-state index in [0.717, 1.165) is 16.9 Å². The summed E-state index contributed by atoms with van der Waals surface area (Å²) in [6, 6.07) is 17.0. The van der Waals surface area contributed by atoms with Crippen LogP contribution in [0.5, 0.6) is 0 Å². The van der Waals surface area contributed by atoms with Crippen molar-refractivity contribution in [3.63, 3.8) is 0 Å². The molecular formula is C24H31ClN2O2S. The maximum absolute atomic E-state index is 13.2. The average molecular weight is 447 g/mol. The fraction of sp³-hybridized carbons (Fsp3) is 0.417. The summed E-state index contributed by atoms with van der Waals surface area (Å²) >= 11 is 7.65. The molecule has 0 bridgehead atoms. The summed E-state index contributed by atoms with van der Waals surface area (Å²) in [6.45, 7) is 6.34. The fourth-order valence-corrected chi connectivity index (χ4v) is 4.05. The van der Waals surface area contributed by atoms with Crippen molar-refractivity contribution in [2.45, 2.75) is 63.6 Å². The lowest BCUT2D eigenvalue weighted by Gasteiger charge is -2.31. The number of carbonyl (C=O) groups excluding carboxylic acids is 2. The number of hydrogen-bond donors (Lipinski definition) is 1. The second-order valence-electron chi connectivity index (χ2n) is 7.30. The van der Waals surface area contributed by atoms with Crippen LogP contribution in [0.3, 0.4) is 0 Å². The van der Waals surface area contributed by atoms with Gasteiger partial charge in [-0.2, -0.15) is 0 Å². The molecule has 30 heavy (non-hydrogen) atoms. The molecule has 4 nitrogen and oxygen atoms in total. The molecule has 0 aliphatic heterocycles. The average Bonchev–Trinajstić information content (AvgIpc) is 2.75. The summed E-state index contributed by atoms with van der Waals surface area (Å²) < 4.78 is 0. The predicted octanol–water partition coefficient (Wildman–Crippen LogP) is 5.54. The number of carbonyl (C=O) groups is 2. The largest absolute Gasteiger partial charge is 0.352 e. The third kappa shape index (κ3) is 7.69. The van der Waals surface area contributed by atoms with E-state index in [1.54, 1.807) is 16.7 Å². The molecule has 2 aromatic rings. The number of hydrogen-bond acceptors (Lipinski definition) is 3. The SMILES string of the molecule is CC[C@H](C)NC(=O)[C@H](CC)N(Cc1ccc(Cl)cc1)C(=O)CCSc1ccccc1. The Labute approximate surface area is 189 Å². The Balaban J connectivity index is 2.12. The zero-order chi connectivity index (χ0) is 21.9. The third-order valence-corrected chi connectivity index (χ3v) is 6.25. The minimum atomic E-state index is -0.496. The number of thioether (sulfide) groups is 1. The molecule has 0 fully saturated rings. The van der Waals surface area contributed by atoms with Gasteiger partial charge in [0.25, 0.3) is 0 Å². The zero-order valence-electron chi connectivity index (χ0n) is 17.9. The van der Waals surface area contributed by atoms with Crippen LogP contribution in [0.15, 0.2) is 59.5 Å². The molecule has 1 N–H and O–H groups in total. The van der Waals surface area contributed by atoms with E-state index in [0.29, 0.717) is 30.2 Å².